The van der Waals surface area contributed by atoms with E-state index in [1.54, 1.807) is 0 Å². The Bertz CT molecular complexity index is 373. The van der Waals surface area contributed by atoms with Crippen molar-refractivity contribution in [2.24, 2.45) is 0 Å². The first-order valence-electron chi connectivity index (χ1n) is 6.02. The van der Waals surface area contributed by atoms with Crippen LogP contribution in [-0.2, 0) is 4.79 Å². The lowest BCUT2D eigenvalue weighted by Gasteiger charge is -2.20. The maximum atomic E-state index is 11.6. The Hall–Kier alpha value is -1.99. The van der Waals surface area contributed by atoms with Crippen molar-refractivity contribution in [1.29, 1.82) is 0 Å². The van der Waals surface area contributed by atoms with Crippen molar-refractivity contribution in [2.45, 2.75) is 32.1 Å². The van der Waals surface area contributed by atoms with Crippen LogP contribution < -0.4 is 21.3 Å². The van der Waals surface area contributed by atoms with Crippen LogP contribution in [0, 0.1) is 0 Å². The van der Waals surface area contributed by atoms with E-state index < -0.39 is 12.3 Å². The zero-order valence-electron chi connectivity index (χ0n) is 10.2. The summed E-state index contributed by atoms with van der Waals surface area (Å²) in [6.07, 6.45) is 0.938. The smallest absolute Gasteiger partial charge is 0.321 e. The van der Waals surface area contributed by atoms with Gasteiger partial charge in [0.25, 0.3) is 0 Å². The van der Waals surface area contributed by atoms with Crippen LogP contribution >= 0.6 is 0 Å². The Morgan fingerprint density at radius 2 is 2.11 bits per heavy atom. The van der Waals surface area contributed by atoms with Gasteiger partial charge in [-0.15, -0.1) is 0 Å². The number of amides is 5. The maximum Gasteiger partial charge on any atom is 0.321 e. The van der Waals surface area contributed by atoms with Gasteiger partial charge < -0.3 is 21.3 Å². The molecular weight excluding hydrogens is 238 g/mol. The molecule has 0 radical (unpaired) electrons. The number of carbonyl (C=O) groups is 3. The van der Waals surface area contributed by atoms with E-state index in [0.717, 1.165) is 12.8 Å². The molecule has 5 amide bonds. The van der Waals surface area contributed by atoms with E-state index >= 15 is 0 Å². The van der Waals surface area contributed by atoms with Crippen molar-refractivity contribution in [3.63, 3.8) is 0 Å². The summed E-state index contributed by atoms with van der Waals surface area (Å²) in [5, 5.41) is 10.4. The first kappa shape index (κ1) is 12.5. The van der Waals surface area contributed by atoms with E-state index in [1.807, 2.05) is 6.92 Å². The Morgan fingerprint density at radius 1 is 1.33 bits per heavy atom. The molecule has 0 unspecified atom stereocenters. The fourth-order valence-corrected chi connectivity index (χ4v) is 1.98. The summed E-state index contributed by atoms with van der Waals surface area (Å²) in [5.74, 6) is -0.222. The number of unbranched alkanes of at least 4 members (excludes halogenated alkanes) is 1. The van der Waals surface area contributed by atoms with Crippen molar-refractivity contribution >= 4 is 18.0 Å². The number of hydrogen-bond donors (Lipinski definition) is 4. The summed E-state index contributed by atoms with van der Waals surface area (Å²) in [6.45, 7) is 2.58. The second kappa shape index (κ2) is 5.11. The van der Waals surface area contributed by atoms with Crippen LogP contribution in [0.2, 0.25) is 0 Å². The lowest BCUT2D eigenvalue weighted by molar-refractivity contribution is -0.121. The van der Waals surface area contributed by atoms with Crippen molar-refractivity contribution in [3.8, 4) is 0 Å². The summed E-state index contributed by atoms with van der Waals surface area (Å²) in [6, 6.07) is -0.704. The van der Waals surface area contributed by atoms with Crippen molar-refractivity contribution in [3.05, 3.63) is 0 Å². The molecule has 2 aliphatic rings. The average Bonchev–Trinajstić information content (AvgIpc) is 2.78. The molecule has 2 fully saturated rings. The molecule has 2 rings (SSSR count). The Kier molecular flexibility index (Phi) is 3.54. The van der Waals surface area contributed by atoms with Crippen LogP contribution in [-0.4, -0.2) is 48.3 Å². The molecule has 0 aliphatic carbocycles. The number of rotatable bonds is 5. The molecule has 0 aromatic heterocycles. The van der Waals surface area contributed by atoms with Crippen LogP contribution in [0.1, 0.15) is 19.8 Å². The minimum Gasteiger partial charge on any atom is -0.355 e. The molecule has 2 atom stereocenters. The molecule has 2 aliphatic heterocycles. The van der Waals surface area contributed by atoms with Gasteiger partial charge in [-0.05, 0) is 6.42 Å². The fourth-order valence-electron chi connectivity index (χ4n) is 1.98. The lowest BCUT2D eigenvalue weighted by atomic mass is 10.3. The summed E-state index contributed by atoms with van der Waals surface area (Å²) in [4.78, 5) is 35.6. The van der Waals surface area contributed by atoms with Gasteiger partial charge in [0.2, 0.25) is 5.91 Å². The molecule has 0 aromatic rings. The summed E-state index contributed by atoms with van der Waals surface area (Å²) in [5.41, 5.74) is 0. The van der Waals surface area contributed by atoms with E-state index in [-0.39, 0.29) is 24.5 Å². The van der Waals surface area contributed by atoms with Gasteiger partial charge in [0.15, 0.2) is 0 Å². The second-order valence-corrected chi connectivity index (χ2v) is 4.32. The predicted molar refractivity (Wildman–Crippen MR) is 62.4 cm³/mol. The van der Waals surface area contributed by atoms with Gasteiger partial charge in [0, 0.05) is 6.54 Å². The number of urea groups is 2. The number of hydrogen-bond acceptors (Lipinski definition) is 3. The zero-order chi connectivity index (χ0) is 13.1. The standard InChI is InChI=1S/C10H17N5O3/c1-2-3-4-11-6(16)5-15-8-7(13-10(15)18)12-9(17)14-8/h7-8H,2-5H2,1H3,(H,11,16)(H,13,18)(H2,12,14,17)/t7-,8-/m1/s1. The highest BCUT2D eigenvalue weighted by molar-refractivity contribution is 5.88. The van der Waals surface area contributed by atoms with Gasteiger partial charge >= 0.3 is 12.1 Å². The predicted octanol–water partition coefficient (Wildman–Crippen LogP) is -1.11. The number of nitrogens with zero attached hydrogens (tertiary/aromatic N) is 1. The van der Waals surface area contributed by atoms with Crippen LogP contribution in [0.4, 0.5) is 9.59 Å². The van der Waals surface area contributed by atoms with Gasteiger partial charge in [-0.3, -0.25) is 9.69 Å². The minimum atomic E-state index is -0.498. The molecule has 0 bridgehead atoms. The molecule has 0 saturated carbocycles. The number of carbonyl (C=O) groups excluding carboxylic acids is 3. The maximum absolute atomic E-state index is 11.6. The van der Waals surface area contributed by atoms with Crippen LogP contribution in [0.5, 0.6) is 0 Å². The van der Waals surface area contributed by atoms with Crippen LogP contribution in [0.3, 0.4) is 0 Å². The van der Waals surface area contributed by atoms with Gasteiger partial charge in [0.05, 0.1) is 0 Å². The molecule has 2 saturated heterocycles. The minimum absolute atomic E-state index is 0.0569. The number of fused-ring (bicyclic) bond motifs is 1. The highest BCUT2D eigenvalue weighted by Crippen LogP contribution is 2.13. The highest BCUT2D eigenvalue weighted by Gasteiger charge is 2.45. The zero-order valence-corrected chi connectivity index (χ0v) is 10.2. The fraction of sp³-hybridized carbons (Fsp3) is 0.700. The highest BCUT2D eigenvalue weighted by atomic mass is 16.2. The van der Waals surface area contributed by atoms with Crippen LogP contribution in [0.25, 0.3) is 0 Å². The van der Waals surface area contributed by atoms with Gasteiger partial charge in [0.1, 0.15) is 18.9 Å². The number of nitrogens with one attached hydrogen (secondary N) is 4. The monoisotopic (exact) mass is 255 g/mol. The first-order valence-corrected chi connectivity index (χ1v) is 6.02. The third-order valence-electron chi connectivity index (χ3n) is 2.92. The van der Waals surface area contributed by atoms with Crippen LogP contribution in [0.15, 0.2) is 0 Å². The molecule has 100 valence electrons. The molecule has 18 heavy (non-hydrogen) atoms. The third-order valence-corrected chi connectivity index (χ3v) is 2.92. The van der Waals surface area contributed by atoms with Crippen molar-refractivity contribution in [2.75, 3.05) is 13.1 Å². The SMILES string of the molecule is CCCCNC(=O)CN1C(=O)N[C@H]2NC(=O)N[C@@H]21. The Morgan fingerprint density at radius 3 is 2.83 bits per heavy atom. The molecule has 0 aromatic carbocycles. The lowest BCUT2D eigenvalue weighted by Crippen LogP contribution is -2.48. The van der Waals surface area contributed by atoms with Crippen molar-refractivity contribution < 1.29 is 14.4 Å². The summed E-state index contributed by atoms with van der Waals surface area (Å²) in [7, 11) is 0. The Balaban J connectivity index is 1.86. The van der Waals surface area contributed by atoms with E-state index in [2.05, 4.69) is 21.3 Å². The van der Waals surface area contributed by atoms with Gasteiger partial charge in [-0.1, -0.05) is 13.3 Å². The van der Waals surface area contributed by atoms with E-state index in [1.165, 1.54) is 4.90 Å². The molecule has 0 spiro atoms. The first-order chi connectivity index (χ1) is 8.61. The molecular formula is C10H17N5O3. The summed E-state index contributed by atoms with van der Waals surface area (Å²) >= 11 is 0. The topological polar surface area (TPSA) is 103 Å². The third kappa shape index (κ3) is 2.47. The Labute approximate surface area is 104 Å². The van der Waals surface area contributed by atoms with Gasteiger partial charge in [-0.2, -0.15) is 0 Å². The van der Waals surface area contributed by atoms with E-state index in [0.29, 0.717) is 6.54 Å². The van der Waals surface area contributed by atoms with Gasteiger partial charge in [-0.25, -0.2) is 9.59 Å². The second-order valence-electron chi connectivity index (χ2n) is 4.32. The quantitative estimate of drug-likeness (QED) is 0.468. The largest absolute Gasteiger partial charge is 0.355 e. The molecule has 8 nitrogen and oxygen atoms in total. The molecule has 8 heteroatoms. The normalized spacial score (nSPS) is 25.3. The van der Waals surface area contributed by atoms with Crippen molar-refractivity contribution in [1.82, 2.24) is 26.2 Å². The average molecular weight is 255 g/mol. The summed E-state index contributed by atoms with van der Waals surface area (Å²) < 4.78 is 0. The molecule has 2 heterocycles. The molecule has 4 N–H and O–H groups in total. The van der Waals surface area contributed by atoms with E-state index in [4.69, 9.17) is 0 Å². The van der Waals surface area contributed by atoms with E-state index in [9.17, 15) is 14.4 Å².